The zero-order chi connectivity index (χ0) is 14.5. The molecule has 6 heteroatoms. The second-order valence-electron chi connectivity index (χ2n) is 4.99. The zero-order valence-corrected chi connectivity index (χ0v) is 12.5. The Bertz CT molecular complexity index is 593. The standard InChI is InChI=1S/C15H18N4OS/c20-14(11-19-7-4-16-5-8-19)18-13-3-1-2-12(10-13)15-17-6-9-21-15/h1-3,6,9-10,16H,4-5,7-8,11H2,(H,18,20). The molecule has 0 radical (unpaired) electrons. The lowest BCUT2D eigenvalue weighted by Gasteiger charge is -2.26. The van der Waals surface area contributed by atoms with Crippen LogP contribution < -0.4 is 10.6 Å². The van der Waals surface area contributed by atoms with Crippen molar-refractivity contribution in [3.8, 4) is 10.6 Å². The van der Waals surface area contributed by atoms with Crippen LogP contribution in [0.4, 0.5) is 5.69 Å². The van der Waals surface area contributed by atoms with Crippen LogP contribution in [0.1, 0.15) is 0 Å². The van der Waals surface area contributed by atoms with E-state index in [1.807, 2.05) is 29.6 Å². The van der Waals surface area contributed by atoms with Gasteiger partial charge in [0.05, 0.1) is 6.54 Å². The van der Waals surface area contributed by atoms with E-state index in [1.54, 1.807) is 17.5 Å². The third-order valence-corrected chi connectivity index (χ3v) is 4.22. The van der Waals surface area contributed by atoms with Crippen molar-refractivity contribution < 1.29 is 4.79 Å². The van der Waals surface area contributed by atoms with Gasteiger partial charge in [-0.05, 0) is 12.1 Å². The van der Waals surface area contributed by atoms with Crippen molar-refractivity contribution in [1.29, 1.82) is 0 Å². The molecule has 1 aromatic carbocycles. The van der Waals surface area contributed by atoms with Crippen LogP contribution in [0.2, 0.25) is 0 Å². The minimum absolute atomic E-state index is 0.0354. The second kappa shape index (κ2) is 6.80. The number of thiazole rings is 1. The Labute approximate surface area is 128 Å². The first-order chi connectivity index (χ1) is 10.3. The highest BCUT2D eigenvalue weighted by molar-refractivity contribution is 7.13. The summed E-state index contributed by atoms with van der Waals surface area (Å²) in [6.07, 6.45) is 1.79. The molecule has 1 fully saturated rings. The third kappa shape index (κ3) is 3.87. The summed E-state index contributed by atoms with van der Waals surface area (Å²) in [6.45, 7) is 4.20. The minimum atomic E-state index is 0.0354. The molecule has 0 bridgehead atoms. The first-order valence-corrected chi connectivity index (χ1v) is 7.92. The van der Waals surface area contributed by atoms with Crippen LogP contribution in [0.15, 0.2) is 35.8 Å². The van der Waals surface area contributed by atoms with Gasteiger partial charge in [0.25, 0.3) is 0 Å². The summed E-state index contributed by atoms with van der Waals surface area (Å²) < 4.78 is 0. The molecule has 2 N–H and O–H groups in total. The lowest BCUT2D eigenvalue weighted by molar-refractivity contribution is -0.117. The maximum absolute atomic E-state index is 12.1. The molecule has 3 rings (SSSR count). The Kier molecular flexibility index (Phi) is 4.59. The van der Waals surface area contributed by atoms with Crippen molar-refractivity contribution in [2.75, 3.05) is 38.0 Å². The van der Waals surface area contributed by atoms with E-state index in [0.717, 1.165) is 42.4 Å². The number of anilines is 1. The fraction of sp³-hybridized carbons (Fsp3) is 0.333. The number of rotatable bonds is 4. The van der Waals surface area contributed by atoms with E-state index in [-0.39, 0.29) is 5.91 Å². The smallest absolute Gasteiger partial charge is 0.238 e. The number of benzene rings is 1. The summed E-state index contributed by atoms with van der Waals surface area (Å²) in [4.78, 5) is 18.5. The maximum atomic E-state index is 12.1. The number of amides is 1. The number of hydrogen-bond donors (Lipinski definition) is 2. The van der Waals surface area contributed by atoms with Gasteiger partial charge in [-0.25, -0.2) is 4.98 Å². The largest absolute Gasteiger partial charge is 0.325 e. The number of nitrogens with one attached hydrogen (secondary N) is 2. The van der Waals surface area contributed by atoms with Crippen molar-refractivity contribution in [1.82, 2.24) is 15.2 Å². The highest BCUT2D eigenvalue weighted by atomic mass is 32.1. The van der Waals surface area contributed by atoms with Crippen molar-refractivity contribution in [2.45, 2.75) is 0 Å². The van der Waals surface area contributed by atoms with Crippen LogP contribution in [0.5, 0.6) is 0 Å². The van der Waals surface area contributed by atoms with E-state index >= 15 is 0 Å². The second-order valence-corrected chi connectivity index (χ2v) is 5.89. The van der Waals surface area contributed by atoms with E-state index < -0.39 is 0 Å². The molecule has 1 aliphatic rings. The van der Waals surface area contributed by atoms with E-state index in [9.17, 15) is 4.79 Å². The van der Waals surface area contributed by atoms with Gasteiger partial charge in [-0.1, -0.05) is 12.1 Å². The average molecular weight is 302 g/mol. The quantitative estimate of drug-likeness (QED) is 0.902. The topological polar surface area (TPSA) is 57.3 Å². The molecule has 1 saturated heterocycles. The van der Waals surface area contributed by atoms with Gasteiger partial charge in [0, 0.05) is 49.0 Å². The lowest BCUT2D eigenvalue weighted by Crippen LogP contribution is -2.46. The van der Waals surface area contributed by atoms with Gasteiger partial charge in [0.1, 0.15) is 5.01 Å². The van der Waals surface area contributed by atoms with Crippen molar-refractivity contribution in [3.05, 3.63) is 35.8 Å². The first-order valence-electron chi connectivity index (χ1n) is 7.04. The zero-order valence-electron chi connectivity index (χ0n) is 11.7. The number of piperazine rings is 1. The maximum Gasteiger partial charge on any atom is 0.238 e. The Balaban J connectivity index is 1.62. The number of hydrogen-bond acceptors (Lipinski definition) is 5. The Hall–Kier alpha value is -1.76. The fourth-order valence-electron chi connectivity index (χ4n) is 2.37. The lowest BCUT2D eigenvalue weighted by atomic mass is 10.2. The highest BCUT2D eigenvalue weighted by Gasteiger charge is 2.13. The minimum Gasteiger partial charge on any atom is -0.325 e. The van der Waals surface area contributed by atoms with Crippen molar-refractivity contribution >= 4 is 22.9 Å². The van der Waals surface area contributed by atoms with Gasteiger partial charge in [-0.3, -0.25) is 9.69 Å². The third-order valence-electron chi connectivity index (χ3n) is 3.40. The van der Waals surface area contributed by atoms with Crippen molar-refractivity contribution in [3.63, 3.8) is 0 Å². The Morgan fingerprint density at radius 3 is 3.00 bits per heavy atom. The SMILES string of the molecule is O=C(CN1CCNCC1)Nc1cccc(-c2nccs2)c1. The molecular formula is C15H18N4OS. The fourth-order valence-corrected chi connectivity index (χ4v) is 3.00. The normalized spacial score (nSPS) is 15.8. The van der Waals surface area contributed by atoms with Gasteiger partial charge in [0.15, 0.2) is 0 Å². The van der Waals surface area contributed by atoms with Crippen LogP contribution in [0.3, 0.4) is 0 Å². The predicted molar refractivity (Wildman–Crippen MR) is 85.5 cm³/mol. The van der Waals surface area contributed by atoms with E-state index in [1.165, 1.54) is 0 Å². The molecule has 0 aliphatic carbocycles. The summed E-state index contributed by atoms with van der Waals surface area (Å²) in [5, 5.41) is 9.16. The monoisotopic (exact) mass is 302 g/mol. The van der Waals surface area contributed by atoms with Gasteiger partial charge >= 0.3 is 0 Å². The van der Waals surface area contributed by atoms with Gasteiger partial charge in [-0.15, -0.1) is 11.3 Å². The van der Waals surface area contributed by atoms with E-state index in [0.29, 0.717) is 6.54 Å². The Morgan fingerprint density at radius 1 is 1.38 bits per heavy atom. The molecule has 0 atom stereocenters. The van der Waals surface area contributed by atoms with Gasteiger partial charge < -0.3 is 10.6 Å². The predicted octanol–water partition coefficient (Wildman–Crippen LogP) is 1.65. The molecule has 21 heavy (non-hydrogen) atoms. The molecule has 1 amide bonds. The number of aromatic nitrogens is 1. The summed E-state index contributed by atoms with van der Waals surface area (Å²) in [5.41, 5.74) is 1.85. The Morgan fingerprint density at radius 2 is 2.24 bits per heavy atom. The van der Waals surface area contributed by atoms with E-state index in [2.05, 4.69) is 20.5 Å². The molecule has 5 nitrogen and oxygen atoms in total. The summed E-state index contributed by atoms with van der Waals surface area (Å²) in [5.74, 6) is 0.0354. The average Bonchev–Trinajstić information content (AvgIpc) is 3.02. The number of nitrogens with zero attached hydrogens (tertiary/aromatic N) is 2. The van der Waals surface area contributed by atoms with Gasteiger partial charge in [-0.2, -0.15) is 0 Å². The molecule has 2 aromatic rings. The van der Waals surface area contributed by atoms with Gasteiger partial charge in [0.2, 0.25) is 5.91 Å². The number of carbonyl (C=O) groups is 1. The summed E-state index contributed by atoms with van der Waals surface area (Å²) >= 11 is 1.59. The molecule has 1 aliphatic heterocycles. The van der Waals surface area contributed by atoms with E-state index in [4.69, 9.17) is 0 Å². The van der Waals surface area contributed by atoms with Crippen LogP contribution >= 0.6 is 11.3 Å². The molecule has 0 saturated carbocycles. The first kappa shape index (κ1) is 14.2. The molecule has 1 aromatic heterocycles. The van der Waals surface area contributed by atoms with Crippen molar-refractivity contribution in [2.24, 2.45) is 0 Å². The van der Waals surface area contributed by atoms with Crippen LogP contribution in [-0.4, -0.2) is 48.5 Å². The van der Waals surface area contributed by atoms with Crippen LogP contribution in [0, 0.1) is 0 Å². The molecular weight excluding hydrogens is 284 g/mol. The molecule has 2 heterocycles. The van der Waals surface area contributed by atoms with Crippen LogP contribution in [0.25, 0.3) is 10.6 Å². The molecule has 0 spiro atoms. The molecule has 0 unspecified atom stereocenters. The van der Waals surface area contributed by atoms with Crippen LogP contribution in [-0.2, 0) is 4.79 Å². The number of carbonyl (C=O) groups excluding carboxylic acids is 1. The summed E-state index contributed by atoms with van der Waals surface area (Å²) in [6, 6.07) is 7.82. The molecule has 110 valence electrons. The highest BCUT2D eigenvalue weighted by Crippen LogP contribution is 2.24. The summed E-state index contributed by atoms with van der Waals surface area (Å²) in [7, 11) is 0.